The fourth-order valence-corrected chi connectivity index (χ4v) is 8.28. The summed E-state index contributed by atoms with van der Waals surface area (Å²) >= 11 is 1.65. The highest BCUT2D eigenvalue weighted by molar-refractivity contribution is 8.02. The Hall–Kier alpha value is -1.80. The third kappa shape index (κ3) is 3.50. The molecule has 0 aromatic heterocycles. The summed E-state index contributed by atoms with van der Waals surface area (Å²) in [5.74, 6) is -1.46. The van der Waals surface area contributed by atoms with Crippen molar-refractivity contribution in [1.82, 2.24) is 14.7 Å². The van der Waals surface area contributed by atoms with Crippen molar-refractivity contribution in [3.63, 3.8) is 0 Å². The minimum atomic E-state index is -0.709. The van der Waals surface area contributed by atoms with Crippen LogP contribution in [0.3, 0.4) is 0 Å². The highest BCUT2D eigenvalue weighted by Crippen LogP contribution is 2.71. The number of rotatable bonds is 9. The second-order valence-electron chi connectivity index (χ2n) is 9.89. The lowest BCUT2D eigenvalue weighted by Crippen LogP contribution is -2.58. The summed E-state index contributed by atoms with van der Waals surface area (Å²) in [5, 5.41) is 9.95. The van der Waals surface area contributed by atoms with E-state index in [0.717, 1.165) is 6.42 Å². The first kappa shape index (κ1) is 24.8. The fraction of sp³-hybridized carbons (Fsp3) is 0.708. The summed E-state index contributed by atoms with van der Waals surface area (Å²) in [6.45, 7) is 15.8. The third-order valence-electron chi connectivity index (χ3n) is 7.46. The molecule has 3 fully saturated rings. The lowest BCUT2D eigenvalue weighted by atomic mass is 9.66. The summed E-state index contributed by atoms with van der Waals surface area (Å²) in [4.78, 5) is 46.3. The number of aliphatic hydroxyl groups is 1. The number of carbonyl (C=O) groups excluding carboxylic acids is 3. The Kier molecular flexibility index (Phi) is 6.87. The van der Waals surface area contributed by atoms with Crippen LogP contribution in [0.5, 0.6) is 0 Å². The Morgan fingerprint density at radius 1 is 1.22 bits per heavy atom. The van der Waals surface area contributed by atoms with Crippen LogP contribution in [0.2, 0.25) is 0 Å². The van der Waals surface area contributed by atoms with Gasteiger partial charge in [0.25, 0.3) is 0 Å². The summed E-state index contributed by atoms with van der Waals surface area (Å²) in [5.41, 5.74) is 0. The van der Waals surface area contributed by atoms with Crippen LogP contribution in [0.25, 0.3) is 0 Å². The topological polar surface area (TPSA) is 81.2 Å². The summed E-state index contributed by atoms with van der Waals surface area (Å²) < 4.78 is -1.07. The van der Waals surface area contributed by atoms with Crippen molar-refractivity contribution in [2.75, 3.05) is 26.7 Å². The second-order valence-corrected chi connectivity index (χ2v) is 11.8. The summed E-state index contributed by atoms with van der Waals surface area (Å²) in [6.07, 6.45) is 4.84. The fourth-order valence-electron chi connectivity index (χ4n) is 5.95. The smallest absolute Gasteiger partial charge is 0.247 e. The average Bonchev–Trinajstić information content (AvgIpc) is 3.31. The maximum atomic E-state index is 14.0. The Morgan fingerprint density at radius 3 is 2.38 bits per heavy atom. The molecule has 3 rings (SSSR count). The minimum absolute atomic E-state index is 0.0623. The molecule has 6 atom stereocenters. The van der Waals surface area contributed by atoms with Crippen molar-refractivity contribution in [2.24, 2.45) is 11.8 Å². The molecule has 0 radical (unpaired) electrons. The maximum Gasteiger partial charge on any atom is 0.247 e. The molecule has 1 spiro atoms. The van der Waals surface area contributed by atoms with E-state index in [0.29, 0.717) is 19.5 Å². The first-order chi connectivity index (χ1) is 15.0. The molecule has 8 heteroatoms. The minimum Gasteiger partial charge on any atom is -0.394 e. The Bertz CT molecular complexity index is 817. The van der Waals surface area contributed by atoms with Gasteiger partial charge in [-0.25, -0.2) is 0 Å². The number of aliphatic hydroxyl groups excluding tert-OH is 1. The molecule has 178 valence electrons. The molecule has 0 aromatic carbocycles. The van der Waals surface area contributed by atoms with Gasteiger partial charge in [0, 0.05) is 30.9 Å². The van der Waals surface area contributed by atoms with Crippen molar-refractivity contribution < 1.29 is 19.5 Å². The van der Waals surface area contributed by atoms with Gasteiger partial charge in [-0.05, 0) is 40.5 Å². The lowest BCUT2D eigenvalue weighted by molar-refractivity contribution is -0.147. The van der Waals surface area contributed by atoms with Crippen molar-refractivity contribution in [2.45, 2.75) is 68.2 Å². The SMILES string of the molecule is C=CCN(C)C(=O)[C@@H]1[C@H]2C(=O)N([C@H](C)CO)C(C(=O)N(CC=C)C(C)C)C23CC[C@@]1(C)S3. The van der Waals surface area contributed by atoms with E-state index in [9.17, 15) is 19.5 Å². The first-order valence-electron chi connectivity index (χ1n) is 11.4. The van der Waals surface area contributed by atoms with Crippen LogP contribution >= 0.6 is 11.8 Å². The van der Waals surface area contributed by atoms with E-state index in [1.54, 1.807) is 52.6 Å². The van der Waals surface area contributed by atoms with Crippen LogP contribution in [0.1, 0.15) is 40.5 Å². The van der Waals surface area contributed by atoms with E-state index < -0.39 is 33.4 Å². The van der Waals surface area contributed by atoms with Crippen LogP contribution in [0, 0.1) is 11.8 Å². The van der Waals surface area contributed by atoms with Gasteiger partial charge in [0.2, 0.25) is 17.7 Å². The van der Waals surface area contributed by atoms with Crippen LogP contribution in [-0.4, -0.2) is 91.9 Å². The molecule has 2 unspecified atom stereocenters. The molecule has 3 aliphatic heterocycles. The van der Waals surface area contributed by atoms with Gasteiger partial charge >= 0.3 is 0 Å². The van der Waals surface area contributed by atoms with E-state index in [2.05, 4.69) is 20.1 Å². The summed E-state index contributed by atoms with van der Waals surface area (Å²) in [6, 6.07) is -1.28. The van der Waals surface area contributed by atoms with Crippen LogP contribution in [0.4, 0.5) is 0 Å². The van der Waals surface area contributed by atoms with Gasteiger partial charge in [-0.15, -0.1) is 24.9 Å². The van der Waals surface area contributed by atoms with Crippen molar-refractivity contribution in [1.29, 1.82) is 0 Å². The van der Waals surface area contributed by atoms with Crippen LogP contribution < -0.4 is 0 Å². The van der Waals surface area contributed by atoms with Gasteiger partial charge in [0.05, 0.1) is 29.2 Å². The molecule has 2 bridgehead atoms. The molecule has 1 N–H and O–H groups in total. The third-order valence-corrected chi connectivity index (χ3v) is 9.45. The van der Waals surface area contributed by atoms with Gasteiger partial charge in [-0.3, -0.25) is 14.4 Å². The maximum absolute atomic E-state index is 14.0. The van der Waals surface area contributed by atoms with E-state index in [-0.39, 0.29) is 30.4 Å². The molecule has 3 saturated heterocycles. The molecule has 0 saturated carbocycles. The molecule has 0 aliphatic carbocycles. The number of likely N-dealkylation sites (tertiary alicyclic amines) is 1. The highest BCUT2D eigenvalue weighted by atomic mass is 32.2. The quantitative estimate of drug-likeness (QED) is 0.529. The lowest BCUT2D eigenvalue weighted by Gasteiger charge is -2.40. The number of thioether (sulfide) groups is 1. The molecule has 3 aliphatic rings. The molecule has 0 aromatic rings. The van der Waals surface area contributed by atoms with Gasteiger partial charge in [-0.1, -0.05) is 12.2 Å². The van der Waals surface area contributed by atoms with Crippen molar-refractivity contribution >= 4 is 29.5 Å². The Morgan fingerprint density at radius 2 is 1.84 bits per heavy atom. The predicted octanol–water partition coefficient (Wildman–Crippen LogP) is 1.92. The number of carbonyl (C=O) groups is 3. The number of nitrogens with zero attached hydrogens (tertiary/aromatic N) is 3. The monoisotopic (exact) mass is 463 g/mol. The van der Waals surface area contributed by atoms with E-state index in [1.165, 1.54) is 0 Å². The molecule has 3 amide bonds. The molecular formula is C24H37N3O4S. The van der Waals surface area contributed by atoms with Crippen LogP contribution in [0.15, 0.2) is 25.3 Å². The molecule has 32 heavy (non-hydrogen) atoms. The highest BCUT2D eigenvalue weighted by Gasteiger charge is 2.77. The second kappa shape index (κ2) is 8.86. The Labute approximate surface area is 195 Å². The molecule has 7 nitrogen and oxygen atoms in total. The zero-order valence-electron chi connectivity index (χ0n) is 19.9. The number of hydrogen-bond donors (Lipinski definition) is 1. The number of amides is 3. The van der Waals surface area contributed by atoms with E-state index in [1.807, 2.05) is 13.8 Å². The zero-order chi connectivity index (χ0) is 24.0. The normalized spacial score (nSPS) is 33.9. The van der Waals surface area contributed by atoms with E-state index >= 15 is 0 Å². The standard InChI is InChI=1S/C24H37N3O4S/c1-8-12-25(7)20(29)17-18-21(30)27(16(5)14-28)19(22(31)26(13-9-2)15(3)4)24(18)11-10-23(17,6)32-24/h8-9,15-19,28H,1-2,10-14H2,3-7H3/t16-,17+,18+,19?,23-,24?/m1/s1. The average molecular weight is 464 g/mol. The van der Waals surface area contributed by atoms with E-state index in [4.69, 9.17) is 0 Å². The van der Waals surface area contributed by atoms with Gasteiger partial charge in [-0.2, -0.15) is 0 Å². The largest absolute Gasteiger partial charge is 0.394 e. The summed E-state index contributed by atoms with van der Waals surface area (Å²) in [7, 11) is 1.73. The number of likely N-dealkylation sites (N-methyl/N-ethyl adjacent to an activating group) is 1. The predicted molar refractivity (Wildman–Crippen MR) is 127 cm³/mol. The molecule has 3 heterocycles. The molecular weight excluding hydrogens is 426 g/mol. The Balaban J connectivity index is 2.12. The van der Waals surface area contributed by atoms with Gasteiger partial charge < -0.3 is 19.8 Å². The zero-order valence-corrected chi connectivity index (χ0v) is 20.7. The van der Waals surface area contributed by atoms with Gasteiger partial charge in [0.15, 0.2) is 0 Å². The van der Waals surface area contributed by atoms with Crippen LogP contribution in [-0.2, 0) is 14.4 Å². The number of hydrogen-bond acceptors (Lipinski definition) is 5. The van der Waals surface area contributed by atoms with Gasteiger partial charge in [0.1, 0.15) is 6.04 Å². The first-order valence-corrected chi connectivity index (χ1v) is 12.2. The number of fused-ring (bicyclic) bond motifs is 1. The van der Waals surface area contributed by atoms with Crippen molar-refractivity contribution in [3.05, 3.63) is 25.3 Å². The van der Waals surface area contributed by atoms with Crippen molar-refractivity contribution in [3.8, 4) is 0 Å².